The largest absolute Gasteiger partial charge is 0.477 e. The van der Waals surface area contributed by atoms with E-state index in [9.17, 15) is 14.3 Å². The summed E-state index contributed by atoms with van der Waals surface area (Å²) in [5, 5.41) is 12.0. The highest BCUT2D eigenvalue weighted by Gasteiger charge is 2.30. The van der Waals surface area contributed by atoms with Crippen LogP contribution in [0.4, 0.5) is 4.39 Å². The number of aliphatic hydroxyl groups is 1. The molecule has 0 saturated heterocycles. The summed E-state index contributed by atoms with van der Waals surface area (Å²) in [6.07, 6.45) is -0.353. The van der Waals surface area contributed by atoms with Crippen molar-refractivity contribution in [2.45, 2.75) is 25.7 Å². The smallest absolute Gasteiger partial charge is 0.261 e. The van der Waals surface area contributed by atoms with Crippen LogP contribution in [-0.2, 0) is 24.4 Å². The average Bonchev–Trinajstić information content (AvgIpc) is 2.98. The van der Waals surface area contributed by atoms with Gasteiger partial charge in [-0.1, -0.05) is 36.4 Å². The van der Waals surface area contributed by atoms with Crippen LogP contribution in [0.5, 0.6) is 5.75 Å². The minimum Gasteiger partial charge on any atom is -0.477 e. The van der Waals surface area contributed by atoms with Crippen LogP contribution in [-0.4, -0.2) is 17.1 Å². The van der Waals surface area contributed by atoms with Crippen LogP contribution < -0.4 is 10.1 Å². The van der Waals surface area contributed by atoms with Gasteiger partial charge < -0.3 is 15.2 Å². The first-order valence-corrected chi connectivity index (χ1v) is 7.08. The quantitative estimate of drug-likeness (QED) is 0.907. The zero-order valence-electron chi connectivity index (χ0n) is 11.9. The molecule has 22 heavy (non-hydrogen) atoms. The van der Waals surface area contributed by atoms with E-state index in [1.165, 1.54) is 6.07 Å². The van der Waals surface area contributed by atoms with Gasteiger partial charge in [-0.2, -0.15) is 0 Å². The van der Waals surface area contributed by atoms with E-state index in [2.05, 4.69) is 5.32 Å². The zero-order chi connectivity index (χ0) is 15.5. The van der Waals surface area contributed by atoms with Crippen LogP contribution in [0.15, 0.2) is 42.5 Å². The third-order valence-corrected chi connectivity index (χ3v) is 3.75. The molecule has 2 aromatic carbocycles. The zero-order valence-corrected chi connectivity index (χ0v) is 11.9. The molecule has 3 rings (SSSR count). The second-order valence-electron chi connectivity index (χ2n) is 5.18. The summed E-state index contributed by atoms with van der Waals surface area (Å²) in [5.41, 5.74) is 2.32. The molecule has 0 fully saturated rings. The van der Waals surface area contributed by atoms with Crippen molar-refractivity contribution in [3.05, 3.63) is 65.0 Å². The second kappa shape index (κ2) is 6.15. The van der Waals surface area contributed by atoms with Crippen LogP contribution in [0.1, 0.15) is 16.7 Å². The molecule has 1 amide bonds. The molecule has 1 aliphatic heterocycles. The molecule has 0 spiro atoms. The van der Waals surface area contributed by atoms with Gasteiger partial charge in [0.25, 0.3) is 5.91 Å². The normalized spacial score (nSPS) is 16.0. The monoisotopic (exact) mass is 301 g/mol. The summed E-state index contributed by atoms with van der Waals surface area (Å²) in [6.45, 7) is 0.219. The predicted octanol–water partition coefficient (Wildman–Crippen LogP) is 1.94. The molecule has 0 radical (unpaired) electrons. The Morgan fingerprint density at radius 2 is 2.00 bits per heavy atom. The lowest BCUT2D eigenvalue weighted by Crippen LogP contribution is -2.37. The Labute approximate surface area is 127 Å². The Morgan fingerprint density at radius 3 is 2.73 bits per heavy atom. The number of fused-ring (bicyclic) bond motifs is 1. The fourth-order valence-corrected chi connectivity index (χ4v) is 2.56. The maximum Gasteiger partial charge on any atom is 0.261 e. The van der Waals surface area contributed by atoms with Crippen molar-refractivity contribution in [3.63, 3.8) is 0 Å². The van der Waals surface area contributed by atoms with Gasteiger partial charge in [0.1, 0.15) is 0 Å². The van der Waals surface area contributed by atoms with Gasteiger partial charge in [-0.25, -0.2) is 4.39 Å². The molecule has 1 atom stereocenters. The van der Waals surface area contributed by atoms with Crippen molar-refractivity contribution in [2.24, 2.45) is 0 Å². The molecule has 1 aliphatic rings. The summed E-state index contributed by atoms with van der Waals surface area (Å²) in [4.78, 5) is 12.2. The van der Waals surface area contributed by atoms with Crippen molar-refractivity contribution < 1.29 is 19.0 Å². The van der Waals surface area contributed by atoms with Gasteiger partial charge in [0.15, 0.2) is 17.7 Å². The fourth-order valence-electron chi connectivity index (χ4n) is 2.56. The average molecular weight is 301 g/mol. The number of carbonyl (C=O) groups excluding carboxylic acids is 1. The van der Waals surface area contributed by atoms with Gasteiger partial charge in [0.05, 0.1) is 6.61 Å². The minimum atomic E-state index is -0.715. The number of nitrogens with one attached hydrogen (secondary N) is 1. The second-order valence-corrected chi connectivity index (χ2v) is 5.18. The van der Waals surface area contributed by atoms with E-state index in [-0.39, 0.29) is 18.3 Å². The number of rotatable bonds is 4. The molecule has 0 bridgehead atoms. The van der Waals surface area contributed by atoms with Crippen molar-refractivity contribution in [1.29, 1.82) is 0 Å². The number of para-hydroxylation sites is 1. The van der Waals surface area contributed by atoms with Gasteiger partial charge in [-0.3, -0.25) is 4.79 Å². The number of halogens is 1. The van der Waals surface area contributed by atoms with Gasteiger partial charge in [-0.05, 0) is 17.2 Å². The topological polar surface area (TPSA) is 58.6 Å². The summed E-state index contributed by atoms with van der Waals surface area (Å²) >= 11 is 0. The van der Waals surface area contributed by atoms with Crippen molar-refractivity contribution in [1.82, 2.24) is 5.32 Å². The molecule has 4 nitrogen and oxygen atoms in total. The first-order valence-electron chi connectivity index (χ1n) is 7.08. The highest BCUT2D eigenvalue weighted by molar-refractivity contribution is 5.82. The first-order chi connectivity index (χ1) is 10.7. The lowest BCUT2D eigenvalue weighted by atomic mass is 10.1. The fraction of sp³-hybridized carbons (Fsp3) is 0.235. The van der Waals surface area contributed by atoms with E-state index in [1.807, 2.05) is 18.2 Å². The van der Waals surface area contributed by atoms with Crippen molar-refractivity contribution >= 4 is 5.91 Å². The van der Waals surface area contributed by atoms with Gasteiger partial charge >= 0.3 is 0 Å². The number of carbonyl (C=O) groups is 1. The van der Waals surface area contributed by atoms with E-state index in [0.29, 0.717) is 18.5 Å². The third-order valence-electron chi connectivity index (χ3n) is 3.75. The maximum absolute atomic E-state index is 13.6. The number of hydrogen-bond acceptors (Lipinski definition) is 3. The SMILES string of the molecule is O=C(NCc1ccccc1CO)C1Cc2cccc(F)c2O1. The molecular formula is C17H16FNO3. The van der Waals surface area contributed by atoms with Crippen LogP contribution >= 0.6 is 0 Å². The Bertz CT molecular complexity index is 702. The summed E-state index contributed by atoms with van der Waals surface area (Å²) in [5.74, 6) is -0.569. The Morgan fingerprint density at radius 1 is 1.23 bits per heavy atom. The molecule has 1 unspecified atom stereocenters. The van der Waals surface area contributed by atoms with Crippen LogP contribution in [0.25, 0.3) is 0 Å². The van der Waals surface area contributed by atoms with E-state index in [0.717, 1.165) is 11.1 Å². The molecule has 2 N–H and O–H groups in total. The lowest BCUT2D eigenvalue weighted by Gasteiger charge is -2.13. The van der Waals surface area contributed by atoms with Crippen LogP contribution in [0.2, 0.25) is 0 Å². The number of aliphatic hydroxyl groups excluding tert-OH is 1. The summed E-state index contributed by atoms with van der Waals surface area (Å²) < 4.78 is 19.0. The van der Waals surface area contributed by atoms with Crippen molar-refractivity contribution in [2.75, 3.05) is 0 Å². The Hall–Kier alpha value is -2.40. The molecule has 5 heteroatoms. The highest BCUT2D eigenvalue weighted by Crippen LogP contribution is 2.31. The van der Waals surface area contributed by atoms with Crippen LogP contribution in [0, 0.1) is 5.82 Å². The van der Waals surface area contributed by atoms with Crippen molar-refractivity contribution in [3.8, 4) is 5.75 Å². The molecule has 0 aliphatic carbocycles. The molecule has 114 valence electrons. The minimum absolute atomic E-state index is 0.0807. The molecule has 0 aromatic heterocycles. The number of benzene rings is 2. The predicted molar refractivity (Wildman–Crippen MR) is 78.7 cm³/mol. The molecule has 1 heterocycles. The summed E-state index contributed by atoms with van der Waals surface area (Å²) in [7, 11) is 0. The van der Waals surface area contributed by atoms with Crippen LogP contribution in [0.3, 0.4) is 0 Å². The molecule has 0 saturated carbocycles. The van der Waals surface area contributed by atoms with E-state index in [4.69, 9.17) is 4.74 Å². The van der Waals surface area contributed by atoms with E-state index < -0.39 is 11.9 Å². The standard InChI is InChI=1S/C17H16FNO3/c18-14-7-3-6-11-8-15(22-16(11)14)17(21)19-9-12-4-1-2-5-13(12)10-20/h1-7,15,20H,8-10H2,(H,19,21). The van der Waals surface area contributed by atoms with Gasteiger partial charge in [0.2, 0.25) is 0 Å². The first kappa shape index (κ1) is 14.5. The van der Waals surface area contributed by atoms with Gasteiger partial charge in [0, 0.05) is 18.5 Å². The van der Waals surface area contributed by atoms with Gasteiger partial charge in [-0.15, -0.1) is 0 Å². The number of ether oxygens (including phenoxy) is 1. The Kier molecular flexibility index (Phi) is 4.06. The number of amides is 1. The summed E-state index contributed by atoms with van der Waals surface area (Å²) in [6, 6.07) is 12.0. The van der Waals surface area contributed by atoms with E-state index >= 15 is 0 Å². The maximum atomic E-state index is 13.6. The molecule has 2 aromatic rings. The Balaban J connectivity index is 1.63. The number of hydrogen-bond donors (Lipinski definition) is 2. The van der Waals surface area contributed by atoms with E-state index in [1.54, 1.807) is 18.2 Å². The third kappa shape index (κ3) is 2.80. The molecular weight excluding hydrogens is 285 g/mol. The lowest BCUT2D eigenvalue weighted by molar-refractivity contribution is -0.127. The highest BCUT2D eigenvalue weighted by atomic mass is 19.1.